The highest BCUT2D eigenvalue weighted by molar-refractivity contribution is 7.92. The van der Waals surface area contributed by atoms with Gasteiger partial charge in [-0.05, 0) is 43.3 Å². The van der Waals surface area contributed by atoms with E-state index in [1.165, 1.54) is 45.9 Å². The number of carbonyl (C=O) groups excluding carboxylic acids is 1. The highest BCUT2D eigenvalue weighted by Gasteiger charge is 2.19. The molecule has 39 heavy (non-hydrogen) atoms. The largest absolute Gasteiger partial charge is 0.462 e. The number of benzene rings is 2. The van der Waals surface area contributed by atoms with Crippen LogP contribution in [0, 0.1) is 0 Å². The molecular weight excluding hydrogens is 538 g/mol. The predicted molar refractivity (Wildman–Crippen MR) is 150 cm³/mol. The van der Waals surface area contributed by atoms with E-state index < -0.39 is 29.6 Å². The second-order valence-corrected chi connectivity index (χ2v) is 17.3. The van der Waals surface area contributed by atoms with Gasteiger partial charge in [0.05, 0.1) is 34.2 Å². The molecule has 0 aliphatic heterocycles. The van der Waals surface area contributed by atoms with E-state index in [-0.39, 0.29) is 40.8 Å². The molecule has 0 spiro atoms. The minimum absolute atomic E-state index is 0.0999. The molecule has 13 heteroatoms. The van der Waals surface area contributed by atoms with Gasteiger partial charge in [-0.25, -0.2) is 22.9 Å². The number of nitrogens with one attached hydrogen (secondary N) is 1. The summed E-state index contributed by atoms with van der Waals surface area (Å²) >= 11 is 0. The van der Waals surface area contributed by atoms with Crippen molar-refractivity contribution < 1.29 is 22.7 Å². The van der Waals surface area contributed by atoms with E-state index in [9.17, 15) is 18.0 Å². The van der Waals surface area contributed by atoms with Crippen molar-refractivity contribution in [2.45, 2.75) is 44.2 Å². The smallest absolute Gasteiger partial charge is 0.341 e. The number of rotatable bonds is 11. The van der Waals surface area contributed by atoms with Gasteiger partial charge in [0.1, 0.15) is 6.73 Å². The number of esters is 1. The summed E-state index contributed by atoms with van der Waals surface area (Å²) in [4.78, 5) is 30.6. The fraction of sp³-hybridized carbons (Fsp3) is 0.308. The lowest BCUT2D eigenvalue weighted by molar-refractivity contribution is 0.0526. The van der Waals surface area contributed by atoms with Crippen molar-refractivity contribution in [3.8, 4) is 5.95 Å². The molecule has 206 valence electrons. The molecule has 4 aromatic rings. The van der Waals surface area contributed by atoms with Crippen LogP contribution >= 0.6 is 0 Å². The van der Waals surface area contributed by atoms with Crippen LogP contribution in [0.2, 0.25) is 25.7 Å². The standard InChI is InChI=1S/C26H31N5O6SSi/c1-5-37-25(33)19-16-27-31(17-19)26-28-23-12-11-20(29-38(34,35)21-9-7-6-8-10-21)15-22(23)24(32)30(26)18-36-13-14-39(2,3)4/h6-12,15-17,29H,5,13-14,18H2,1-4H3. The summed E-state index contributed by atoms with van der Waals surface area (Å²) in [5.74, 6) is -0.395. The summed E-state index contributed by atoms with van der Waals surface area (Å²) in [5, 5.41) is 4.41. The maximum Gasteiger partial charge on any atom is 0.341 e. The van der Waals surface area contributed by atoms with Gasteiger partial charge in [-0.2, -0.15) is 5.10 Å². The average Bonchev–Trinajstić information content (AvgIpc) is 3.38. The number of hydrogen-bond donors (Lipinski definition) is 1. The summed E-state index contributed by atoms with van der Waals surface area (Å²) in [6, 6.07) is 13.4. The van der Waals surface area contributed by atoms with Gasteiger partial charge in [-0.3, -0.25) is 14.1 Å². The zero-order chi connectivity index (χ0) is 28.2. The Hall–Kier alpha value is -3.81. The second-order valence-electron chi connectivity index (χ2n) is 10.0. The SMILES string of the molecule is CCOC(=O)c1cnn(-c2nc3ccc(NS(=O)(=O)c4ccccc4)cc3c(=O)n2COCC[Si](C)(C)C)c1. The molecule has 0 bridgehead atoms. The van der Waals surface area contributed by atoms with Gasteiger partial charge in [-0.1, -0.05) is 37.8 Å². The maximum atomic E-state index is 13.7. The Morgan fingerprint density at radius 1 is 1.10 bits per heavy atom. The van der Waals surface area contributed by atoms with Crippen LogP contribution in [0.5, 0.6) is 0 Å². The molecule has 2 aromatic carbocycles. The van der Waals surface area contributed by atoms with Crippen molar-refractivity contribution in [2.75, 3.05) is 17.9 Å². The second kappa shape index (κ2) is 11.5. The molecule has 0 atom stereocenters. The third kappa shape index (κ3) is 6.80. The van der Waals surface area contributed by atoms with Gasteiger partial charge < -0.3 is 9.47 Å². The van der Waals surface area contributed by atoms with Crippen LogP contribution in [0.15, 0.2) is 70.6 Å². The van der Waals surface area contributed by atoms with Crippen LogP contribution in [0.4, 0.5) is 5.69 Å². The van der Waals surface area contributed by atoms with Crippen LogP contribution in [0.1, 0.15) is 17.3 Å². The topological polar surface area (TPSA) is 134 Å². The first-order valence-corrected chi connectivity index (χ1v) is 17.6. The molecule has 2 heterocycles. The van der Waals surface area contributed by atoms with Crippen molar-refractivity contribution in [3.05, 3.63) is 76.8 Å². The monoisotopic (exact) mass is 569 g/mol. The quantitative estimate of drug-likeness (QED) is 0.163. The van der Waals surface area contributed by atoms with Gasteiger partial charge in [0.15, 0.2) is 0 Å². The lowest BCUT2D eigenvalue weighted by atomic mass is 10.2. The van der Waals surface area contributed by atoms with E-state index in [1.807, 2.05) is 0 Å². The van der Waals surface area contributed by atoms with Crippen LogP contribution in [-0.2, 0) is 26.2 Å². The van der Waals surface area contributed by atoms with E-state index >= 15 is 0 Å². The van der Waals surface area contributed by atoms with Crippen LogP contribution in [0.25, 0.3) is 16.9 Å². The molecular formula is C26H31N5O6SSi. The summed E-state index contributed by atoms with van der Waals surface area (Å²) in [7, 11) is -5.22. The molecule has 0 fully saturated rings. The Bertz CT molecular complexity index is 1650. The number of fused-ring (bicyclic) bond motifs is 1. The van der Waals surface area contributed by atoms with E-state index in [0.717, 1.165) is 6.04 Å². The number of carbonyl (C=O) groups is 1. The first-order valence-electron chi connectivity index (χ1n) is 12.4. The summed E-state index contributed by atoms with van der Waals surface area (Å²) in [6.45, 7) is 8.96. The first kappa shape index (κ1) is 28.2. The first-order chi connectivity index (χ1) is 18.5. The predicted octanol–water partition coefficient (Wildman–Crippen LogP) is 3.87. The van der Waals surface area contributed by atoms with Crippen molar-refractivity contribution in [1.82, 2.24) is 19.3 Å². The summed E-state index contributed by atoms with van der Waals surface area (Å²) in [5.41, 5.74) is 0.303. The zero-order valence-corrected chi connectivity index (χ0v) is 24.1. The third-order valence-corrected chi connectivity index (χ3v) is 8.86. The zero-order valence-electron chi connectivity index (χ0n) is 22.2. The fourth-order valence-corrected chi connectivity index (χ4v) is 5.49. The highest BCUT2D eigenvalue weighted by Crippen LogP contribution is 2.21. The van der Waals surface area contributed by atoms with Crippen LogP contribution in [0.3, 0.4) is 0 Å². The number of hydrogen-bond acceptors (Lipinski definition) is 8. The number of aromatic nitrogens is 4. The van der Waals surface area contributed by atoms with Gasteiger partial charge in [-0.15, -0.1) is 0 Å². The summed E-state index contributed by atoms with van der Waals surface area (Å²) < 4.78 is 41.7. The molecule has 0 aliphatic carbocycles. The lowest BCUT2D eigenvalue weighted by Gasteiger charge is -2.17. The fourth-order valence-electron chi connectivity index (χ4n) is 3.66. The molecule has 1 N–H and O–H groups in total. The molecule has 0 unspecified atom stereocenters. The molecule has 0 aliphatic rings. The molecule has 0 saturated heterocycles. The molecule has 0 saturated carbocycles. The number of nitrogens with zero attached hydrogens (tertiary/aromatic N) is 4. The minimum Gasteiger partial charge on any atom is -0.462 e. The van der Waals surface area contributed by atoms with E-state index in [4.69, 9.17) is 9.47 Å². The van der Waals surface area contributed by atoms with Gasteiger partial charge >= 0.3 is 5.97 Å². The van der Waals surface area contributed by atoms with E-state index in [0.29, 0.717) is 12.1 Å². The van der Waals surface area contributed by atoms with Crippen molar-refractivity contribution in [2.24, 2.45) is 0 Å². The maximum absolute atomic E-state index is 13.7. The highest BCUT2D eigenvalue weighted by atomic mass is 32.2. The average molecular weight is 570 g/mol. The van der Waals surface area contributed by atoms with E-state index in [1.54, 1.807) is 31.2 Å². The molecule has 0 radical (unpaired) electrons. The Kier molecular flexibility index (Phi) is 8.33. The van der Waals surface area contributed by atoms with Crippen LogP contribution in [-0.4, -0.2) is 55.0 Å². The third-order valence-electron chi connectivity index (χ3n) is 5.76. The Labute approximate surface area is 227 Å². The summed E-state index contributed by atoms with van der Waals surface area (Å²) in [6.07, 6.45) is 2.78. The van der Waals surface area contributed by atoms with Crippen molar-refractivity contribution in [3.63, 3.8) is 0 Å². The van der Waals surface area contributed by atoms with Crippen molar-refractivity contribution in [1.29, 1.82) is 0 Å². The molecule has 4 rings (SSSR count). The Morgan fingerprint density at radius 3 is 2.54 bits per heavy atom. The van der Waals surface area contributed by atoms with Crippen molar-refractivity contribution >= 4 is 40.7 Å². The number of sulfonamides is 1. The number of anilines is 1. The normalized spacial score (nSPS) is 12.0. The lowest BCUT2D eigenvalue weighted by Crippen LogP contribution is -2.29. The Morgan fingerprint density at radius 2 is 1.85 bits per heavy atom. The Balaban J connectivity index is 1.74. The van der Waals surface area contributed by atoms with Gasteiger partial charge in [0.25, 0.3) is 15.6 Å². The molecule has 11 nitrogen and oxygen atoms in total. The van der Waals surface area contributed by atoms with E-state index in [2.05, 4.69) is 34.4 Å². The minimum atomic E-state index is -3.86. The van der Waals surface area contributed by atoms with Crippen LogP contribution < -0.4 is 10.3 Å². The molecule has 0 amide bonds. The number of ether oxygens (including phenoxy) is 2. The van der Waals surface area contributed by atoms with Gasteiger partial charge in [0.2, 0.25) is 5.95 Å². The van der Waals surface area contributed by atoms with Gasteiger partial charge in [0, 0.05) is 26.6 Å². The molecule has 2 aromatic heterocycles.